The minimum Gasteiger partial charge on any atom is -0.394 e. The Kier molecular flexibility index (Phi) is 8.53. The van der Waals surface area contributed by atoms with Crippen LogP contribution >= 0.6 is 0 Å². The second-order valence-electron chi connectivity index (χ2n) is 12.7. The Labute approximate surface area is 216 Å². The van der Waals surface area contributed by atoms with Gasteiger partial charge >= 0.3 is 0 Å². The van der Waals surface area contributed by atoms with Crippen molar-refractivity contribution in [3.8, 4) is 0 Å². The molecule has 0 aromatic rings. The molecule has 2 fully saturated rings. The van der Waals surface area contributed by atoms with E-state index < -0.39 is 56.5 Å². The average molecular weight is 521 g/mol. The Balaban J connectivity index is 2.39. The molecule has 0 spiro atoms. The Hall–Kier alpha value is -0.400. The molecule has 2 aliphatic heterocycles. The lowest BCUT2D eigenvalue weighted by Crippen LogP contribution is -2.83. The molecular formula is C26H52N2O8. The van der Waals surface area contributed by atoms with E-state index in [2.05, 4.69) is 0 Å². The minimum atomic E-state index is -1.56. The summed E-state index contributed by atoms with van der Waals surface area (Å²) in [5.41, 5.74) is 3.79. The fourth-order valence-corrected chi connectivity index (χ4v) is 6.36. The largest absolute Gasteiger partial charge is 0.394 e. The van der Waals surface area contributed by atoms with Crippen LogP contribution in [0, 0.1) is 10.8 Å². The normalized spacial score (nSPS) is 54.0. The third-order valence-electron chi connectivity index (χ3n) is 10.9. The minimum absolute atomic E-state index is 0.0485. The first-order valence-electron chi connectivity index (χ1n) is 12.8. The van der Waals surface area contributed by atoms with Gasteiger partial charge in [-0.2, -0.15) is 0 Å². The summed E-state index contributed by atoms with van der Waals surface area (Å²) in [6, 6.07) is 0. The predicted molar refractivity (Wildman–Crippen MR) is 136 cm³/mol. The van der Waals surface area contributed by atoms with E-state index in [1.54, 1.807) is 48.5 Å². The molecule has 10 atom stereocenters. The lowest BCUT2D eigenvalue weighted by atomic mass is 9.54. The standard InChI is InChI=1S/C26H52N2O8/c1-11-19(2)17(12-29)35-22(5,24(7,28)25(19,8)31)16-34-14-20(3)18(13-30)36-21(4,15-33-10)23(6,27)26(20,9)32/h17-18,29-32H,11-16,27-28H2,1-10H3/t17?,18?,19-,20-,21+,22+,23?,24?,25-,26-/m1/s1. The van der Waals surface area contributed by atoms with E-state index in [0.29, 0.717) is 6.42 Å². The molecule has 0 bridgehead atoms. The molecule has 2 heterocycles. The van der Waals surface area contributed by atoms with Gasteiger partial charge in [-0.3, -0.25) is 0 Å². The third kappa shape index (κ3) is 3.99. The Morgan fingerprint density at radius 2 is 1.08 bits per heavy atom. The maximum atomic E-state index is 11.9. The lowest BCUT2D eigenvalue weighted by molar-refractivity contribution is -0.334. The van der Waals surface area contributed by atoms with Gasteiger partial charge in [0.25, 0.3) is 0 Å². The van der Waals surface area contributed by atoms with Crippen molar-refractivity contribution in [2.75, 3.05) is 40.1 Å². The Morgan fingerprint density at radius 3 is 1.47 bits per heavy atom. The van der Waals surface area contributed by atoms with Gasteiger partial charge in [-0.1, -0.05) is 20.8 Å². The molecule has 2 rings (SSSR count). The van der Waals surface area contributed by atoms with Crippen LogP contribution in [-0.2, 0) is 18.9 Å². The van der Waals surface area contributed by atoms with Crippen LogP contribution < -0.4 is 11.5 Å². The Bertz CT molecular complexity index is 790. The predicted octanol–water partition coefficient (Wildman–Crippen LogP) is 0.308. The zero-order valence-corrected chi connectivity index (χ0v) is 24.0. The van der Waals surface area contributed by atoms with E-state index in [1.165, 1.54) is 7.11 Å². The van der Waals surface area contributed by atoms with Crippen LogP contribution in [0.2, 0.25) is 0 Å². The van der Waals surface area contributed by atoms with Crippen molar-refractivity contribution >= 4 is 0 Å². The first-order chi connectivity index (χ1) is 16.2. The summed E-state index contributed by atoms with van der Waals surface area (Å²) >= 11 is 0. The summed E-state index contributed by atoms with van der Waals surface area (Å²) in [5.74, 6) is 0. The molecule has 2 saturated heterocycles. The molecule has 2 aliphatic rings. The number of methoxy groups -OCH3 is 1. The number of ether oxygens (including phenoxy) is 4. The highest BCUT2D eigenvalue weighted by Crippen LogP contribution is 2.55. The van der Waals surface area contributed by atoms with Gasteiger partial charge in [0.2, 0.25) is 0 Å². The smallest absolute Gasteiger partial charge is 0.110 e. The number of nitrogens with two attached hydrogens (primary N) is 2. The van der Waals surface area contributed by atoms with Crippen molar-refractivity contribution < 1.29 is 39.4 Å². The van der Waals surface area contributed by atoms with Gasteiger partial charge in [-0.15, -0.1) is 0 Å². The van der Waals surface area contributed by atoms with Crippen LogP contribution in [0.25, 0.3) is 0 Å². The fraction of sp³-hybridized carbons (Fsp3) is 1.00. The maximum absolute atomic E-state index is 11.9. The van der Waals surface area contributed by atoms with E-state index in [4.69, 9.17) is 30.4 Å². The van der Waals surface area contributed by atoms with Gasteiger partial charge in [0.15, 0.2) is 0 Å². The molecule has 0 radical (unpaired) electrons. The summed E-state index contributed by atoms with van der Waals surface area (Å²) in [6.07, 6.45) is -0.946. The fourth-order valence-electron chi connectivity index (χ4n) is 6.36. The van der Waals surface area contributed by atoms with Crippen molar-refractivity contribution in [1.82, 2.24) is 0 Å². The average Bonchev–Trinajstić information content (AvgIpc) is 2.78. The van der Waals surface area contributed by atoms with Gasteiger partial charge in [0.05, 0.1) is 67.5 Å². The van der Waals surface area contributed by atoms with Gasteiger partial charge in [-0.25, -0.2) is 0 Å². The summed E-state index contributed by atoms with van der Waals surface area (Å²) in [7, 11) is 1.52. The summed E-state index contributed by atoms with van der Waals surface area (Å²) < 4.78 is 24.2. The van der Waals surface area contributed by atoms with Crippen LogP contribution in [-0.4, -0.2) is 106 Å². The number of aliphatic hydroxyl groups excluding tert-OH is 2. The summed E-state index contributed by atoms with van der Waals surface area (Å²) in [4.78, 5) is 0. The third-order valence-corrected chi connectivity index (χ3v) is 10.9. The molecule has 0 amide bonds. The van der Waals surface area contributed by atoms with Crippen molar-refractivity contribution in [1.29, 1.82) is 0 Å². The van der Waals surface area contributed by atoms with E-state index in [-0.39, 0.29) is 33.0 Å². The second kappa shape index (κ2) is 9.66. The highest BCUT2D eigenvalue weighted by atomic mass is 16.6. The molecule has 10 nitrogen and oxygen atoms in total. The van der Waals surface area contributed by atoms with Gasteiger partial charge in [-0.05, 0) is 48.0 Å². The zero-order valence-electron chi connectivity index (χ0n) is 24.0. The number of hydrogen-bond donors (Lipinski definition) is 6. The SMILES string of the molecule is CC[C@]1(C)C(CO)O[C@@](C)(COC[C@]2(C)C(CO)O[C@@](C)(COC)C(C)(N)[C@]2(C)O)C(C)(N)[C@]1(C)O. The van der Waals surface area contributed by atoms with E-state index in [0.717, 1.165) is 0 Å². The highest BCUT2D eigenvalue weighted by Gasteiger charge is 2.70. The molecule has 8 N–H and O–H groups in total. The lowest BCUT2D eigenvalue weighted by Gasteiger charge is -2.66. The molecule has 0 aromatic carbocycles. The van der Waals surface area contributed by atoms with Crippen LogP contribution in [0.5, 0.6) is 0 Å². The van der Waals surface area contributed by atoms with E-state index >= 15 is 0 Å². The summed E-state index contributed by atoms with van der Waals surface area (Å²) in [5, 5.41) is 44.0. The van der Waals surface area contributed by atoms with E-state index in [1.807, 2.05) is 13.8 Å². The van der Waals surface area contributed by atoms with Crippen molar-refractivity contribution in [2.24, 2.45) is 22.3 Å². The monoisotopic (exact) mass is 520 g/mol. The molecule has 0 aromatic heterocycles. The molecular weight excluding hydrogens is 468 g/mol. The number of rotatable bonds is 9. The molecule has 4 unspecified atom stereocenters. The van der Waals surface area contributed by atoms with Crippen LogP contribution in [0.4, 0.5) is 0 Å². The number of hydrogen-bond acceptors (Lipinski definition) is 10. The quantitative estimate of drug-likeness (QED) is 0.249. The molecule has 214 valence electrons. The van der Waals surface area contributed by atoms with Crippen molar-refractivity contribution in [2.45, 2.75) is 114 Å². The Morgan fingerprint density at radius 1 is 0.694 bits per heavy atom. The first kappa shape index (κ1) is 31.8. The van der Waals surface area contributed by atoms with Gasteiger partial charge in [0.1, 0.15) is 11.2 Å². The molecule has 10 heteroatoms. The zero-order chi connectivity index (χ0) is 28.2. The van der Waals surface area contributed by atoms with Gasteiger partial charge in [0, 0.05) is 17.9 Å². The van der Waals surface area contributed by atoms with Gasteiger partial charge < -0.3 is 50.8 Å². The van der Waals surface area contributed by atoms with Crippen LogP contribution in [0.1, 0.15) is 68.7 Å². The molecule has 0 saturated carbocycles. The summed E-state index contributed by atoms with van der Waals surface area (Å²) in [6.45, 7) is 15.2. The first-order valence-corrected chi connectivity index (χ1v) is 12.8. The highest BCUT2D eigenvalue weighted by molar-refractivity contribution is 5.23. The van der Waals surface area contributed by atoms with E-state index in [9.17, 15) is 20.4 Å². The second-order valence-corrected chi connectivity index (χ2v) is 12.7. The maximum Gasteiger partial charge on any atom is 0.110 e. The topological polar surface area (TPSA) is 170 Å². The van der Waals surface area contributed by atoms with Crippen molar-refractivity contribution in [3.05, 3.63) is 0 Å². The van der Waals surface area contributed by atoms with Crippen molar-refractivity contribution in [3.63, 3.8) is 0 Å². The van der Waals surface area contributed by atoms with Crippen LogP contribution in [0.3, 0.4) is 0 Å². The van der Waals surface area contributed by atoms with Crippen LogP contribution in [0.15, 0.2) is 0 Å². The number of aliphatic hydroxyl groups is 4. The molecule has 0 aliphatic carbocycles. The molecule has 36 heavy (non-hydrogen) atoms.